The van der Waals surface area contributed by atoms with Crippen molar-refractivity contribution < 1.29 is 57.3 Å². The van der Waals surface area contributed by atoms with E-state index in [0.717, 1.165) is 22.3 Å². The average molecular weight is 1210 g/mol. The van der Waals surface area contributed by atoms with Crippen LogP contribution < -0.4 is 18.9 Å². The SMILES string of the molecule is CC(C)(C)c1cc2c3c(c1)CC1=CC(=O)C=C(Cc4cc(C(C)(C)C)cc(c4OCCCOc4c5cc(C(C)(C)C)cc4CC4=CC(=O)C=C(Cc6cc(C(C)(C)C)cc(c6OCCCO3)CC3=CC(=O)C=C(C5)C3=O)C4=O)CC3=CC(=O)C=C(C2)C3=O)C1=O. The summed E-state index contributed by atoms with van der Waals surface area (Å²) in [6.07, 6.45) is 11.8. The molecule has 0 unspecified atom stereocenters. The predicted octanol–water partition coefficient (Wildman–Crippen LogP) is 12.7. The summed E-state index contributed by atoms with van der Waals surface area (Å²) in [4.78, 5) is 117. The third kappa shape index (κ3) is 13.3. The molecule has 4 aromatic carbocycles. The normalized spacial score (nSPS) is 18.9. The van der Waals surface area contributed by atoms with Gasteiger partial charge in [0.25, 0.3) is 0 Å². The molecule has 0 saturated carbocycles. The molecule has 0 saturated heterocycles. The number of ketones is 8. The van der Waals surface area contributed by atoms with E-state index in [1.54, 1.807) is 0 Å². The molecule has 90 heavy (non-hydrogen) atoms. The molecular formula is C78H80O12. The van der Waals surface area contributed by atoms with Gasteiger partial charge in [-0.2, -0.15) is 0 Å². The average Bonchev–Trinajstić information content (AvgIpc) is 0.882. The van der Waals surface area contributed by atoms with Crippen LogP contribution >= 0.6 is 0 Å². The molecule has 0 N–H and O–H groups in total. The number of ether oxygens (including phenoxy) is 4. The molecule has 20 bridgehead atoms. The van der Waals surface area contributed by atoms with E-state index in [0.29, 0.717) is 67.5 Å². The summed E-state index contributed by atoms with van der Waals surface area (Å²) in [5.74, 6) is -0.817. The van der Waals surface area contributed by atoms with E-state index >= 15 is 19.2 Å². The van der Waals surface area contributed by atoms with E-state index in [-0.39, 0.29) is 181 Å². The fourth-order valence-electron chi connectivity index (χ4n) is 12.9. The van der Waals surface area contributed by atoms with Gasteiger partial charge in [0, 0.05) is 109 Å². The Bertz CT molecular complexity index is 3400. The number of allylic oxidation sites excluding steroid dienone is 16. The zero-order valence-electron chi connectivity index (χ0n) is 54.0. The van der Waals surface area contributed by atoms with E-state index in [1.807, 2.05) is 48.5 Å². The summed E-state index contributed by atoms with van der Waals surface area (Å²) >= 11 is 0. The van der Waals surface area contributed by atoms with Crippen LogP contribution in [-0.4, -0.2) is 72.7 Å². The van der Waals surface area contributed by atoms with Gasteiger partial charge < -0.3 is 18.9 Å². The van der Waals surface area contributed by atoms with Crippen LogP contribution in [0.4, 0.5) is 0 Å². The molecule has 12 nitrogen and oxygen atoms in total. The van der Waals surface area contributed by atoms with Gasteiger partial charge in [0.1, 0.15) is 23.0 Å². The second-order valence-electron chi connectivity index (χ2n) is 29.3. The van der Waals surface area contributed by atoms with Crippen molar-refractivity contribution in [3.05, 3.63) is 208 Å². The van der Waals surface area contributed by atoms with E-state index in [4.69, 9.17) is 18.9 Å². The minimum Gasteiger partial charge on any atom is -0.493 e. The molecule has 0 aromatic heterocycles. The number of rotatable bonds is 0. The predicted molar refractivity (Wildman–Crippen MR) is 346 cm³/mol. The molecule has 0 amide bonds. The van der Waals surface area contributed by atoms with Crippen LogP contribution in [0.25, 0.3) is 0 Å². The molecule has 7 aliphatic rings. The third-order valence-electron chi connectivity index (χ3n) is 17.9. The molecule has 0 atom stereocenters. The van der Waals surface area contributed by atoms with Crippen molar-refractivity contribution in [3.63, 3.8) is 0 Å². The molecular weight excluding hydrogens is 1130 g/mol. The fraction of sp³-hybridized carbons (Fsp3) is 0.385. The lowest BCUT2D eigenvalue weighted by atomic mass is 9.79. The summed E-state index contributed by atoms with van der Waals surface area (Å²) < 4.78 is 27.7. The number of hydrogen-bond donors (Lipinski definition) is 0. The van der Waals surface area contributed by atoms with E-state index in [9.17, 15) is 19.2 Å². The van der Waals surface area contributed by atoms with Crippen molar-refractivity contribution in [3.8, 4) is 23.0 Å². The van der Waals surface area contributed by atoms with Crippen LogP contribution in [-0.2, 0) is 111 Å². The van der Waals surface area contributed by atoms with E-state index in [2.05, 4.69) is 83.1 Å². The Morgan fingerprint density at radius 2 is 0.389 bits per heavy atom. The molecule has 0 spiro atoms. The highest BCUT2D eigenvalue weighted by Gasteiger charge is 2.35. The van der Waals surface area contributed by atoms with E-state index < -0.39 is 21.7 Å². The Labute approximate surface area is 527 Å². The zero-order chi connectivity index (χ0) is 64.5. The Balaban J connectivity index is 1.12. The van der Waals surface area contributed by atoms with Gasteiger partial charge in [-0.3, -0.25) is 38.4 Å². The largest absolute Gasteiger partial charge is 0.493 e. The molecule has 1 heterocycles. The number of carbonyl (C=O) groups excluding carboxylic acids is 8. The molecule has 1 aliphatic heterocycles. The van der Waals surface area contributed by atoms with Gasteiger partial charge in [0.05, 0.1) is 26.4 Å². The first-order valence-electron chi connectivity index (χ1n) is 31.5. The van der Waals surface area contributed by atoms with E-state index in [1.165, 1.54) is 48.6 Å². The van der Waals surface area contributed by atoms with Gasteiger partial charge in [-0.15, -0.1) is 0 Å². The minimum absolute atomic E-state index is 0.00947. The molecule has 4 aromatic rings. The van der Waals surface area contributed by atoms with Crippen molar-refractivity contribution in [2.24, 2.45) is 0 Å². The Morgan fingerprint density at radius 1 is 0.244 bits per heavy atom. The maximum absolute atomic E-state index is 15.2. The number of fused-ring (bicyclic) bond motifs is 4. The molecule has 464 valence electrons. The van der Waals surface area contributed by atoms with Crippen LogP contribution in [0.3, 0.4) is 0 Å². The fourth-order valence-corrected chi connectivity index (χ4v) is 12.9. The van der Waals surface area contributed by atoms with Crippen molar-refractivity contribution in [2.45, 2.75) is 169 Å². The lowest BCUT2D eigenvalue weighted by molar-refractivity contribution is -0.115. The van der Waals surface area contributed by atoms with Gasteiger partial charge in [-0.1, -0.05) is 132 Å². The second-order valence-corrected chi connectivity index (χ2v) is 29.3. The molecule has 12 heteroatoms. The first-order chi connectivity index (χ1) is 42.3. The van der Waals surface area contributed by atoms with Crippen LogP contribution in [0.5, 0.6) is 23.0 Å². The Morgan fingerprint density at radius 3 is 0.522 bits per heavy atom. The zero-order valence-corrected chi connectivity index (χ0v) is 54.0. The molecule has 0 radical (unpaired) electrons. The van der Waals surface area contributed by atoms with Crippen LogP contribution in [0, 0.1) is 0 Å². The van der Waals surface area contributed by atoms with Gasteiger partial charge in [-0.25, -0.2) is 0 Å². The maximum atomic E-state index is 15.2. The number of benzene rings is 4. The van der Waals surface area contributed by atoms with Gasteiger partial charge in [0.15, 0.2) is 46.3 Å². The topological polar surface area (TPSA) is 173 Å². The summed E-state index contributed by atoms with van der Waals surface area (Å²) in [6, 6.07) is 15.9. The lowest BCUT2D eigenvalue weighted by Gasteiger charge is -2.28. The highest BCUT2D eigenvalue weighted by molar-refractivity contribution is 6.23. The molecule has 6 aliphatic carbocycles. The number of carbonyl (C=O) groups is 8. The van der Waals surface area contributed by atoms with Crippen LogP contribution in [0.15, 0.2) is 142 Å². The first-order valence-corrected chi connectivity index (χ1v) is 31.5. The Hall–Kier alpha value is -8.64. The molecule has 11 rings (SSSR count). The summed E-state index contributed by atoms with van der Waals surface area (Å²) in [7, 11) is 0. The number of Topliss-reactive ketones (excluding diaryl/α,β-unsaturated/α-hetero) is 4. The van der Waals surface area contributed by atoms with Crippen LogP contribution in [0.1, 0.15) is 163 Å². The smallest absolute Gasteiger partial charge is 0.185 e. The molecule has 0 fully saturated rings. The standard InChI is InChI=1S/C78H80O12/c1-75(2,3)59-27-51-19-43-35-63(79)37-45(67(43)83)21-53-29-60(76(4,5)6)30-54-22-46-38-64(80)36-44(68(46)84)20-52(28-59)71(51)87-15-13-16-88-73-55-23-47-39-65(81)41-49(69(47)85)25-57-33-62(78(10,11)12)34-58(74(57)90-18-14-17-89-72(53)54)26-50-42-66(82)40-48(70(50)86)24-56(73)32-61(31-55)77(7,8)9/h27-42H,13-26H2,1-12H3. The number of hydrogen-bond acceptors (Lipinski definition) is 12. The van der Waals surface area contributed by atoms with Crippen LogP contribution in [0.2, 0.25) is 0 Å². The summed E-state index contributed by atoms with van der Waals surface area (Å²) in [5, 5.41) is 0. The second kappa shape index (κ2) is 24.0. The maximum Gasteiger partial charge on any atom is 0.185 e. The lowest BCUT2D eigenvalue weighted by Crippen LogP contribution is -2.23. The van der Waals surface area contributed by atoms with Gasteiger partial charge in [-0.05, 0) is 137 Å². The monoisotopic (exact) mass is 1210 g/mol. The van der Waals surface area contributed by atoms with Gasteiger partial charge in [0.2, 0.25) is 0 Å². The summed E-state index contributed by atoms with van der Waals surface area (Å²) in [6.45, 7) is 25.0. The highest BCUT2D eigenvalue weighted by atomic mass is 16.5. The van der Waals surface area contributed by atoms with Crippen molar-refractivity contribution in [1.82, 2.24) is 0 Å². The van der Waals surface area contributed by atoms with Gasteiger partial charge >= 0.3 is 0 Å². The quantitative estimate of drug-likeness (QED) is 0.153. The first kappa shape index (κ1) is 62.9. The third-order valence-corrected chi connectivity index (χ3v) is 17.9. The minimum atomic E-state index is -0.438. The Kier molecular flexibility index (Phi) is 16.8. The van der Waals surface area contributed by atoms with Crippen molar-refractivity contribution in [1.29, 1.82) is 0 Å². The summed E-state index contributed by atoms with van der Waals surface area (Å²) in [5.41, 5.74) is 8.91. The highest BCUT2D eigenvalue weighted by Crippen LogP contribution is 2.43. The van der Waals surface area contributed by atoms with Crippen molar-refractivity contribution in [2.75, 3.05) is 26.4 Å². The van der Waals surface area contributed by atoms with Crippen molar-refractivity contribution >= 4 is 46.3 Å².